The number of allylic oxidation sites excluding steroid dienone is 1. The molecule has 0 saturated heterocycles. The minimum Gasteiger partial charge on any atom is -0.496 e. The van der Waals surface area contributed by atoms with E-state index in [0.717, 1.165) is 28.0 Å². The molecule has 0 unspecified atom stereocenters. The van der Waals surface area contributed by atoms with Crippen LogP contribution in [0.1, 0.15) is 61.9 Å². The zero-order valence-corrected chi connectivity index (χ0v) is 21.7. The van der Waals surface area contributed by atoms with Gasteiger partial charge in [-0.05, 0) is 67.2 Å². The molecule has 1 aromatic heterocycles. The second-order valence-corrected chi connectivity index (χ2v) is 9.83. The molecule has 35 heavy (non-hydrogen) atoms. The molecule has 0 bridgehead atoms. The lowest BCUT2D eigenvalue weighted by molar-refractivity contribution is -0.139. The molecule has 182 valence electrons. The number of ether oxygens (including phenoxy) is 2. The number of aryl methyl sites for hydroxylation is 1. The van der Waals surface area contributed by atoms with Crippen LogP contribution in [0.4, 0.5) is 0 Å². The van der Waals surface area contributed by atoms with Gasteiger partial charge in [0.1, 0.15) is 5.75 Å². The van der Waals surface area contributed by atoms with Gasteiger partial charge in [-0.2, -0.15) is 0 Å². The highest BCUT2D eigenvalue weighted by atomic mass is 32.1. The molecule has 0 N–H and O–H groups in total. The van der Waals surface area contributed by atoms with Crippen molar-refractivity contribution in [1.29, 1.82) is 0 Å². The van der Waals surface area contributed by atoms with Crippen molar-refractivity contribution in [2.45, 2.75) is 46.6 Å². The molecule has 1 aliphatic heterocycles. The molecular formula is C28H30N2O4S. The van der Waals surface area contributed by atoms with Crippen LogP contribution in [0.5, 0.6) is 5.75 Å². The Balaban J connectivity index is 1.95. The lowest BCUT2D eigenvalue weighted by Gasteiger charge is -2.24. The number of hydrogen-bond donors (Lipinski definition) is 0. The van der Waals surface area contributed by atoms with Gasteiger partial charge in [-0.15, -0.1) is 0 Å². The normalized spacial score (nSPS) is 15.7. The summed E-state index contributed by atoms with van der Waals surface area (Å²) in [6, 6.07) is 13.0. The van der Waals surface area contributed by atoms with E-state index in [1.54, 1.807) is 25.5 Å². The molecule has 0 radical (unpaired) electrons. The van der Waals surface area contributed by atoms with Gasteiger partial charge >= 0.3 is 5.97 Å². The van der Waals surface area contributed by atoms with Crippen molar-refractivity contribution < 1.29 is 14.3 Å². The van der Waals surface area contributed by atoms with E-state index in [2.05, 4.69) is 24.9 Å². The summed E-state index contributed by atoms with van der Waals surface area (Å²) < 4.78 is 13.1. The highest BCUT2D eigenvalue weighted by Crippen LogP contribution is 2.31. The Bertz CT molecular complexity index is 1480. The Hall–Kier alpha value is -3.45. The fourth-order valence-electron chi connectivity index (χ4n) is 4.38. The maximum atomic E-state index is 13.8. The Labute approximate surface area is 208 Å². The largest absolute Gasteiger partial charge is 0.496 e. The highest BCUT2D eigenvalue weighted by molar-refractivity contribution is 7.07. The molecule has 1 atom stereocenters. The number of fused-ring (bicyclic) bond motifs is 1. The SMILES string of the molecule is CCOC(=O)C1=C(C)N=c2s/c(=C\c3cc(C(C)C)c(OC)cc3C)c(=O)n2[C@H]1c1ccccc1. The number of aromatic nitrogens is 1. The minimum atomic E-state index is -0.600. The maximum absolute atomic E-state index is 13.8. The molecule has 0 amide bonds. The summed E-state index contributed by atoms with van der Waals surface area (Å²) >= 11 is 1.33. The molecule has 3 aromatic rings. The third-order valence-electron chi connectivity index (χ3n) is 6.16. The molecule has 6 nitrogen and oxygen atoms in total. The van der Waals surface area contributed by atoms with Crippen LogP contribution < -0.4 is 19.6 Å². The van der Waals surface area contributed by atoms with Crippen LogP contribution in [0, 0.1) is 6.92 Å². The molecule has 0 fully saturated rings. The van der Waals surface area contributed by atoms with Crippen molar-refractivity contribution in [3.05, 3.63) is 95.7 Å². The van der Waals surface area contributed by atoms with Crippen molar-refractivity contribution in [2.75, 3.05) is 13.7 Å². The fraction of sp³-hybridized carbons (Fsp3) is 0.321. The monoisotopic (exact) mass is 490 g/mol. The number of nitrogens with zero attached hydrogens (tertiary/aromatic N) is 2. The first-order valence-corrected chi connectivity index (χ1v) is 12.5. The standard InChI is InChI=1S/C28H30N2O4S/c1-7-34-27(32)24-18(5)29-28-30(25(24)19-11-9-8-10-12-19)26(31)23(35-28)15-20-14-21(16(2)3)22(33-6)13-17(20)4/h8-16,25H,7H2,1-6H3/b23-15-/t25-/m0/s1. The third-order valence-corrected chi connectivity index (χ3v) is 7.14. The average molecular weight is 491 g/mol. The van der Waals surface area contributed by atoms with E-state index in [4.69, 9.17) is 9.47 Å². The average Bonchev–Trinajstić information content (AvgIpc) is 3.14. The zero-order valence-electron chi connectivity index (χ0n) is 20.9. The van der Waals surface area contributed by atoms with E-state index >= 15 is 0 Å². The van der Waals surface area contributed by atoms with E-state index in [9.17, 15) is 9.59 Å². The summed E-state index contributed by atoms with van der Waals surface area (Å²) in [6.07, 6.45) is 1.91. The number of methoxy groups -OCH3 is 1. The third kappa shape index (κ3) is 4.60. The topological polar surface area (TPSA) is 69.9 Å². The molecule has 0 saturated carbocycles. The summed E-state index contributed by atoms with van der Waals surface area (Å²) in [5.41, 5.74) is 4.66. The van der Waals surface area contributed by atoms with Crippen molar-refractivity contribution in [1.82, 2.24) is 4.57 Å². The van der Waals surface area contributed by atoms with Gasteiger partial charge in [0.05, 0.1) is 35.6 Å². The number of esters is 1. The predicted octanol–water partition coefficient (Wildman–Crippen LogP) is 4.24. The quantitative estimate of drug-likeness (QED) is 0.485. The van der Waals surface area contributed by atoms with E-state index in [1.165, 1.54) is 11.3 Å². The van der Waals surface area contributed by atoms with Gasteiger partial charge in [-0.25, -0.2) is 9.79 Å². The van der Waals surface area contributed by atoms with Gasteiger partial charge in [0.25, 0.3) is 5.56 Å². The van der Waals surface area contributed by atoms with Crippen LogP contribution in [0.25, 0.3) is 6.08 Å². The van der Waals surface area contributed by atoms with Gasteiger partial charge < -0.3 is 9.47 Å². The lowest BCUT2D eigenvalue weighted by atomic mass is 9.96. The Morgan fingerprint density at radius 3 is 2.54 bits per heavy atom. The number of hydrogen-bond acceptors (Lipinski definition) is 6. The molecule has 2 heterocycles. The van der Waals surface area contributed by atoms with Crippen molar-refractivity contribution in [3.63, 3.8) is 0 Å². The van der Waals surface area contributed by atoms with Crippen LogP contribution in [0.15, 0.2) is 63.5 Å². The van der Waals surface area contributed by atoms with Gasteiger partial charge in [0.15, 0.2) is 4.80 Å². The highest BCUT2D eigenvalue weighted by Gasteiger charge is 2.33. The molecule has 2 aromatic carbocycles. The Morgan fingerprint density at radius 2 is 1.91 bits per heavy atom. The second kappa shape index (κ2) is 10.0. The molecule has 4 rings (SSSR count). The maximum Gasteiger partial charge on any atom is 0.338 e. The van der Waals surface area contributed by atoms with Crippen molar-refractivity contribution in [3.8, 4) is 5.75 Å². The number of carbonyl (C=O) groups excluding carboxylic acids is 1. The van der Waals surface area contributed by atoms with Crippen LogP contribution >= 0.6 is 11.3 Å². The summed E-state index contributed by atoms with van der Waals surface area (Å²) in [5, 5.41) is 0. The molecular weight excluding hydrogens is 460 g/mol. The van der Waals surface area contributed by atoms with Gasteiger partial charge in [0, 0.05) is 0 Å². The first-order valence-electron chi connectivity index (χ1n) is 11.7. The summed E-state index contributed by atoms with van der Waals surface area (Å²) in [6.45, 7) is 10.0. The number of carbonyl (C=O) groups is 1. The smallest absolute Gasteiger partial charge is 0.338 e. The van der Waals surface area contributed by atoms with Gasteiger partial charge in [0.2, 0.25) is 0 Å². The van der Waals surface area contributed by atoms with Crippen LogP contribution in [-0.2, 0) is 9.53 Å². The van der Waals surface area contributed by atoms with Gasteiger partial charge in [-0.3, -0.25) is 9.36 Å². The summed E-state index contributed by atoms with van der Waals surface area (Å²) in [7, 11) is 1.67. The fourth-order valence-corrected chi connectivity index (χ4v) is 5.42. The summed E-state index contributed by atoms with van der Waals surface area (Å²) in [4.78, 5) is 31.9. The van der Waals surface area contributed by atoms with Crippen LogP contribution in [-0.4, -0.2) is 24.3 Å². The molecule has 7 heteroatoms. The molecule has 0 spiro atoms. The number of benzene rings is 2. The predicted molar refractivity (Wildman–Crippen MR) is 139 cm³/mol. The van der Waals surface area contributed by atoms with Gasteiger partial charge in [-0.1, -0.05) is 55.5 Å². The van der Waals surface area contributed by atoms with E-state index in [0.29, 0.717) is 20.6 Å². The first kappa shape index (κ1) is 24.7. The molecule has 0 aliphatic carbocycles. The minimum absolute atomic E-state index is 0.182. The van der Waals surface area contributed by atoms with Crippen LogP contribution in [0.2, 0.25) is 0 Å². The van der Waals surface area contributed by atoms with Crippen LogP contribution in [0.3, 0.4) is 0 Å². The van der Waals surface area contributed by atoms with E-state index in [-0.39, 0.29) is 18.1 Å². The Kier molecular flexibility index (Phi) is 7.08. The summed E-state index contributed by atoms with van der Waals surface area (Å²) in [5.74, 6) is 0.658. The zero-order chi connectivity index (χ0) is 25.3. The van der Waals surface area contributed by atoms with Crippen molar-refractivity contribution in [2.24, 2.45) is 4.99 Å². The van der Waals surface area contributed by atoms with E-state index < -0.39 is 12.0 Å². The lowest BCUT2D eigenvalue weighted by Crippen LogP contribution is -2.39. The number of rotatable bonds is 6. The number of thiazole rings is 1. The van der Waals surface area contributed by atoms with E-state index in [1.807, 2.05) is 49.4 Å². The molecule has 1 aliphatic rings. The Morgan fingerprint density at radius 1 is 1.20 bits per heavy atom. The second-order valence-electron chi connectivity index (χ2n) is 8.82. The first-order chi connectivity index (χ1) is 16.8. The van der Waals surface area contributed by atoms with Crippen molar-refractivity contribution >= 4 is 23.4 Å².